The summed E-state index contributed by atoms with van der Waals surface area (Å²) in [5.74, 6) is -1.26. The van der Waals surface area contributed by atoms with E-state index >= 15 is 0 Å². The van der Waals surface area contributed by atoms with Crippen LogP contribution in [0, 0.1) is 17.6 Å². The first-order valence-electron chi connectivity index (χ1n) is 6.85. The summed E-state index contributed by atoms with van der Waals surface area (Å²) in [6.45, 7) is 5.54. The molecule has 1 fully saturated rings. The minimum atomic E-state index is -0.983. The van der Waals surface area contributed by atoms with Gasteiger partial charge in [-0.25, -0.2) is 8.78 Å². The lowest BCUT2D eigenvalue weighted by Crippen LogP contribution is -2.43. The number of aliphatic hydroxyl groups excluding tert-OH is 1. The second-order valence-electron chi connectivity index (χ2n) is 5.64. The molecule has 0 radical (unpaired) electrons. The molecule has 2 nitrogen and oxygen atoms in total. The Bertz CT molecular complexity index is 438. The predicted octanol–water partition coefficient (Wildman–Crippen LogP) is 3.12. The van der Waals surface area contributed by atoms with Crippen LogP contribution >= 0.6 is 0 Å². The fourth-order valence-electron chi connectivity index (χ4n) is 2.73. The Morgan fingerprint density at radius 1 is 1.32 bits per heavy atom. The molecule has 19 heavy (non-hydrogen) atoms. The number of benzene rings is 1. The van der Waals surface area contributed by atoms with Gasteiger partial charge in [-0.2, -0.15) is 0 Å². The number of β-amino-alcohol motifs (C(OH)–C–C–N with tert-alkyl or cyclic N) is 1. The molecule has 3 unspecified atom stereocenters. The number of nitrogens with zero attached hydrogens (tertiary/aromatic N) is 1. The maximum Gasteiger partial charge on any atom is 0.164 e. The van der Waals surface area contributed by atoms with E-state index in [-0.39, 0.29) is 5.56 Å². The maximum atomic E-state index is 13.6. The number of hydrogen-bond donors (Lipinski definition) is 1. The molecule has 0 saturated carbocycles. The van der Waals surface area contributed by atoms with Gasteiger partial charge in [0.2, 0.25) is 0 Å². The molecule has 1 heterocycles. The van der Waals surface area contributed by atoms with E-state index < -0.39 is 17.7 Å². The Balaban J connectivity index is 2.07. The number of halogens is 2. The zero-order chi connectivity index (χ0) is 14.0. The van der Waals surface area contributed by atoms with E-state index in [1.807, 2.05) is 0 Å². The average molecular weight is 269 g/mol. The molecule has 0 bridgehead atoms. The van der Waals surface area contributed by atoms with Gasteiger partial charge >= 0.3 is 0 Å². The molecule has 0 aliphatic carbocycles. The highest BCUT2D eigenvalue weighted by Gasteiger charge is 2.26. The molecule has 2 rings (SSSR count). The van der Waals surface area contributed by atoms with Crippen LogP contribution in [-0.4, -0.2) is 29.1 Å². The molecule has 1 aromatic carbocycles. The summed E-state index contributed by atoms with van der Waals surface area (Å²) in [6.07, 6.45) is 1.28. The average Bonchev–Trinajstić information content (AvgIpc) is 2.37. The molecule has 0 aromatic heterocycles. The summed E-state index contributed by atoms with van der Waals surface area (Å²) in [5, 5.41) is 10.1. The van der Waals surface area contributed by atoms with Gasteiger partial charge in [0.25, 0.3) is 0 Å². The minimum absolute atomic E-state index is 0.0467. The molecule has 1 aliphatic heterocycles. The highest BCUT2D eigenvalue weighted by molar-refractivity contribution is 5.21. The summed E-state index contributed by atoms with van der Waals surface area (Å²) in [4.78, 5) is 2.16. The second kappa shape index (κ2) is 5.97. The van der Waals surface area contributed by atoms with Crippen molar-refractivity contribution in [3.05, 3.63) is 35.4 Å². The van der Waals surface area contributed by atoms with Gasteiger partial charge < -0.3 is 5.11 Å². The maximum absolute atomic E-state index is 13.6. The van der Waals surface area contributed by atoms with E-state index in [2.05, 4.69) is 18.7 Å². The van der Waals surface area contributed by atoms with Gasteiger partial charge in [-0.3, -0.25) is 4.90 Å². The topological polar surface area (TPSA) is 23.5 Å². The van der Waals surface area contributed by atoms with Crippen molar-refractivity contribution in [3.63, 3.8) is 0 Å². The monoisotopic (exact) mass is 269 g/mol. The lowest BCUT2D eigenvalue weighted by atomic mass is 9.94. The van der Waals surface area contributed by atoms with Crippen LogP contribution in [0.5, 0.6) is 0 Å². The van der Waals surface area contributed by atoms with Gasteiger partial charge in [0.15, 0.2) is 11.6 Å². The Morgan fingerprint density at radius 3 is 2.79 bits per heavy atom. The van der Waals surface area contributed by atoms with Crippen molar-refractivity contribution in [1.82, 2.24) is 4.90 Å². The van der Waals surface area contributed by atoms with Crippen molar-refractivity contribution in [2.45, 2.75) is 38.8 Å². The van der Waals surface area contributed by atoms with Crippen LogP contribution < -0.4 is 0 Å². The van der Waals surface area contributed by atoms with Crippen molar-refractivity contribution in [2.24, 2.45) is 5.92 Å². The SMILES string of the molecule is CC1CCC(C)N(CC(O)c2cccc(F)c2F)C1. The first-order valence-corrected chi connectivity index (χ1v) is 6.85. The molecule has 1 saturated heterocycles. The first-order chi connectivity index (χ1) is 8.99. The van der Waals surface area contributed by atoms with Crippen molar-refractivity contribution in [2.75, 3.05) is 13.1 Å². The number of likely N-dealkylation sites (tertiary alicyclic amines) is 1. The Kier molecular flexibility index (Phi) is 4.53. The van der Waals surface area contributed by atoms with Crippen LogP contribution in [0.1, 0.15) is 38.4 Å². The standard InChI is InChI=1S/C15H21F2NO/c1-10-6-7-11(2)18(8-10)9-14(19)12-4-3-5-13(16)15(12)17/h3-5,10-11,14,19H,6-9H2,1-2H3. The molecular weight excluding hydrogens is 248 g/mol. The van der Waals surface area contributed by atoms with Gasteiger partial charge in [-0.05, 0) is 31.7 Å². The van der Waals surface area contributed by atoms with Gasteiger partial charge in [0, 0.05) is 24.7 Å². The molecule has 1 aliphatic rings. The fraction of sp³-hybridized carbons (Fsp3) is 0.600. The normalized spacial score (nSPS) is 26.4. The third-order valence-electron chi connectivity index (χ3n) is 3.99. The van der Waals surface area contributed by atoms with Crippen LogP contribution in [0.25, 0.3) is 0 Å². The zero-order valence-corrected chi connectivity index (χ0v) is 11.4. The summed E-state index contributed by atoms with van der Waals surface area (Å²) in [5.41, 5.74) is 0.0467. The summed E-state index contributed by atoms with van der Waals surface area (Å²) in [7, 11) is 0. The molecule has 0 spiro atoms. The van der Waals surface area contributed by atoms with E-state index in [9.17, 15) is 13.9 Å². The highest BCUT2D eigenvalue weighted by atomic mass is 19.2. The molecule has 3 atom stereocenters. The third-order valence-corrected chi connectivity index (χ3v) is 3.99. The van der Waals surface area contributed by atoms with E-state index in [1.165, 1.54) is 18.6 Å². The number of piperidine rings is 1. The fourth-order valence-corrected chi connectivity index (χ4v) is 2.73. The lowest BCUT2D eigenvalue weighted by Gasteiger charge is -2.37. The van der Waals surface area contributed by atoms with Gasteiger partial charge in [-0.15, -0.1) is 0 Å². The molecular formula is C15H21F2NO. The smallest absolute Gasteiger partial charge is 0.164 e. The van der Waals surface area contributed by atoms with Crippen LogP contribution in [-0.2, 0) is 0 Å². The van der Waals surface area contributed by atoms with Crippen molar-refractivity contribution in [3.8, 4) is 0 Å². The highest BCUT2D eigenvalue weighted by Crippen LogP contribution is 2.25. The minimum Gasteiger partial charge on any atom is -0.387 e. The van der Waals surface area contributed by atoms with E-state index in [1.54, 1.807) is 0 Å². The summed E-state index contributed by atoms with van der Waals surface area (Å²) >= 11 is 0. The molecule has 0 amide bonds. The number of aliphatic hydroxyl groups is 1. The summed E-state index contributed by atoms with van der Waals surface area (Å²) in [6, 6.07) is 4.32. The predicted molar refractivity (Wildman–Crippen MR) is 70.8 cm³/mol. The first kappa shape index (κ1) is 14.4. The van der Waals surface area contributed by atoms with Gasteiger partial charge in [0.1, 0.15) is 0 Å². The zero-order valence-electron chi connectivity index (χ0n) is 11.4. The van der Waals surface area contributed by atoms with Crippen molar-refractivity contribution < 1.29 is 13.9 Å². The van der Waals surface area contributed by atoms with Crippen LogP contribution in [0.2, 0.25) is 0 Å². The second-order valence-corrected chi connectivity index (χ2v) is 5.64. The lowest BCUT2D eigenvalue weighted by molar-refractivity contribution is 0.0549. The number of hydrogen-bond acceptors (Lipinski definition) is 2. The molecule has 1 N–H and O–H groups in total. The van der Waals surface area contributed by atoms with Crippen molar-refractivity contribution >= 4 is 0 Å². The summed E-state index contributed by atoms with van der Waals surface area (Å²) < 4.78 is 26.8. The Labute approximate surface area is 113 Å². The molecule has 106 valence electrons. The largest absolute Gasteiger partial charge is 0.387 e. The third kappa shape index (κ3) is 3.31. The van der Waals surface area contributed by atoms with E-state index in [0.717, 1.165) is 19.0 Å². The van der Waals surface area contributed by atoms with E-state index in [4.69, 9.17) is 0 Å². The van der Waals surface area contributed by atoms with Crippen LogP contribution in [0.15, 0.2) is 18.2 Å². The Hall–Kier alpha value is -1.00. The van der Waals surface area contributed by atoms with Gasteiger partial charge in [-0.1, -0.05) is 19.1 Å². The Morgan fingerprint density at radius 2 is 2.05 bits per heavy atom. The van der Waals surface area contributed by atoms with Crippen LogP contribution in [0.4, 0.5) is 8.78 Å². The molecule has 1 aromatic rings. The van der Waals surface area contributed by atoms with Gasteiger partial charge in [0.05, 0.1) is 6.10 Å². The van der Waals surface area contributed by atoms with E-state index in [0.29, 0.717) is 18.5 Å². The van der Waals surface area contributed by atoms with Crippen molar-refractivity contribution in [1.29, 1.82) is 0 Å². The quantitative estimate of drug-likeness (QED) is 0.911. The molecule has 4 heteroatoms. The number of rotatable bonds is 3. The van der Waals surface area contributed by atoms with Crippen LogP contribution in [0.3, 0.4) is 0 Å².